The van der Waals surface area contributed by atoms with Gasteiger partial charge in [0, 0.05) is 6.54 Å². The minimum Gasteiger partial charge on any atom is -0.460 e. The smallest absolute Gasteiger partial charge is 0.310 e. The maximum Gasteiger partial charge on any atom is 0.310 e. The first kappa shape index (κ1) is 13.1. The molecule has 1 aliphatic rings. The molecule has 1 fully saturated rings. The molecule has 2 atom stereocenters. The highest BCUT2D eigenvalue weighted by molar-refractivity contribution is 5.72. The molecule has 1 saturated heterocycles. The van der Waals surface area contributed by atoms with Gasteiger partial charge in [0.2, 0.25) is 0 Å². The van der Waals surface area contributed by atoms with Crippen LogP contribution >= 0.6 is 0 Å². The van der Waals surface area contributed by atoms with Crippen LogP contribution in [0, 0.1) is 5.92 Å². The summed E-state index contributed by atoms with van der Waals surface area (Å²) >= 11 is 0. The molecule has 3 nitrogen and oxygen atoms in total. The standard InChI is InChI=1S/C15H21NO2/c1-12-8-9-16(2)11-14(12)18-15(17)10-13-6-4-3-5-7-13/h3-7,12,14H,8-11H2,1-2H3/t12?,14-/m0/s1. The van der Waals surface area contributed by atoms with Crippen molar-refractivity contribution in [1.29, 1.82) is 0 Å². The average Bonchev–Trinajstić information content (AvgIpc) is 2.35. The first-order chi connectivity index (χ1) is 8.65. The molecule has 0 N–H and O–H groups in total. The fourth-order valence-corrected chi connectivity index (χ4v) is 2.31. The average molecular weight is 247 g/mol. The van der Waals surface area contributed by atoms with E-state index in [9.17, 15) is 4.79 Å². The molecule has 0 spiro atoms. The molecule has 0 saturated carbocycles. The minimum absolute atomic E-state index is 0.0416. The summed E-state index contributed by atoms with van der Waals surface area (Å²) in [4.78, 5) is 14.1. The third kappa shape index (κ3) is 3.57. The van der Waals surface area contributed by atoms with E-state index in [4.69, 9.17) is 4.74 Å². The fourth-order valence-electron chi connectivity index (χ4n) is 2.31. The van der Waals surface area contributed by atoms with E-state index in [1.165, 1.54) is 0 Å². The molecule has 1 aromatic rings. The van der Waals surface area contributed by atoms with Gasteiger partial charge in [-0.25, -0.2) is 0 Å². The highest BCUT2D eigenvalue weighted by atomic mass is 16.5. The van der Waals surface area contributed by atoms with Gasteiger partial charge in [-0.2, -0.15) is 0 Å². The van der Waals surface area contributed by atoms with Crippen LogP contribution in [0.1, 0.15) is 18.9 Å². The Morgan fingerprint density at radius 2 is 2.11 bits per heavy atom. The van der Waals surface area contributed by atoms with Crippen molar-refractivity contribution in [2.24, 2.45) is 5.92 Å². The van der Waals surface area contributed by atoms with Crippen LogP contribution in [0.4, 0.5) is 0 Å². The molecule has 0 bridgehead atoms. The van der Waals surface area contributed by atoms with Crippen molar-refractivity contribution < 1.29 is 9.53 Å². The first-order valence-corrected chi connectivity index (χ1v) is 6.57. The summed E-state index contributed by atoms with van der Waals surface area (Å²) in [6.45, 7) is 4.10. The normalized spacial score (nSPS) is 24.8. The lowest BCUT2D eigenvalue weighted by molar-refractivity contribution is -0.153. The number of nitrogens with zero attached hydrogens (tertiary/aromatic N) is 1. The van der Waals surface area contributed by atoms with E-state index in [0.29, 0.717) is 12.3 Å². The Kier molecular flexibility index (Phi) is 4.37. The van der Waals surface area contributed by atoms with Crippen molar-refractivity contribution in [3.05, 3.63) is 35.9 Å². The summed E-state index contributed by atoms with van der Waals surface area (Å²) in [7, 11) is 2.07. The highest BCUT2D eigenvalue weighted by Crippen LogP contribution is 2.19. The van der Waals surface area contributed by atoms with Crippen molar-refractivity contribution in [3.8, 4) is 0 Å². The minimum atomic E-state index is -0.117. The number of ether oxygens (including phenoxy) is 1. The van der Waals surface area contributed by atoms with E-state index < -0.39 is 0 Å². The maximum absolute atomic E-state index is 11.9. The second-order valence-electron chi connectivity index (χ2n) is 5.22. The Morgan fingerprint density at radius 3 is 2.83 bits per heavy atom. The Labute approximate surface area is 109 Å². The molecular weight excluding hydrogens is 226 g/mol. The number of likely N-dealkylation sites (N-methyl/N-ethyl adjacent to an activating group) is 1. The lowest BCUT2D eigenvalue weighted by Gasteiger charge is -2.34. The zero-order valence-electron chi connectivity index (χ0n) is 11.1. The Bertz CT molecular complexity index is 391. The van der Waals surface area contributed by atoms with E-state index in [1.54, 1.807) is 0 Å². The molecule has 2 rings (SSSR count). The zero-order chi connectivity index (χ0) is 13.0. The molecule has 1 heterocycles. The third-order valence-electron chi connectivity index (χ3n) is 3.57. The van der Waals surface area contributed by atoms with E-state index in [2.05, 4.69) is 18.9 Å². The molecule has 18 heavy (non-hydrogen) atoms. The number of hydrogen-bond donors (Lipinski definition) is 0. The number of benzene rings is 1. The molecule has 0 radical (unpaired) electrons. The Morgan fingerprint density at radius 1 is 1.39 bits per heavy atom. The second kappa shape index (κ2) is 6.01. The van der Waals surface area contributed by atoms with Crippen molar-refractivity contribution >= 4 is 5.97 Å². The molecule has 1 unspecified atom stereocenters. The van der Waals surface area contributed by atoms with Crippen LogP contribution in [0.15, 0.2) is 30.3 Å². The summed E-state index contributed by atoms with van der Waals surface area (Å²) in [6, 6.07) is 9.75. The number of carbonyl (C=O) groups excluding carboxylic acids is 1. The molecule has 0 amide bonds. The highest BCUT2D eigenvalue weighted by Gasteiger charge is 2.27. The van der Waals surface area contributed by atoms with Crippen LogP contribution in [-0.4, -0.2) is 37.1 Å². The quantitative estimate of drug-likeness (QED) is 0.766. The van der Waals surface area contributed by atoms with Crippen LogP contribution in [-0.2, 0) is 16.0 Å². The van der Waals surface area contributed by atoms with Gasteiger partial charge in [0.15, 0.2) is 0 Å². The third-order valence-corrected chi connectivity index (χ3v) is 3.57. The fraction of sp³-hybridized carbons (Fsp3) is 0.533. The summed E-state index contributed by atoms with van der Waals surface area (Å²) in [6.07, 6.45) is 1.51. The van der Waals surface area contributed by atoms with E-state index in [0.717, 1.165) is 25.1 Å². The molecular formula is C15H21NO2. The van der Waals surface area contributed by atoms with Crippen molar-refractivity contribution in [2.45, 2.75) is 25.9 Å². The Hall–Kier alpha value is -1.35. The molecule has 98 valence electrons. The van der Waals surface area contributed by atoms with Gasteiger partial charge >= 0.3 is 5.97 Å². The van der Waals surface area contributed by atoms with E-state index >= 15 is 0 Å². The van der Waals surface area contributed by atoms with Crippen LogP contribution in [0.2, 0.25) is 0 Å². The number of likely N-dealkylation sites (tertiary alicyclic amines) is 1. The summed E-state index contributed by atoms with van der Waals surface area (Å²) in [5.41, 5.74) is 1.01. The van der Waals surface area contributed by atoms with Gasteiger partial charge in [0.25, 0.3) is 0 Å². The van der Waals surface area contributed by atoms with Crippen molar-refractivity contribution in [2.75, 3.05) is 20.1 Å². The van der Waals surface area contributed by atoms with Gasteiger partial charge in [-0.3, -0.25) is 4.79 Å². The predicted molar refractivity (Wildman–Crippen MR) is 71.3 cm³/mol. The number of hydrogen-bond acceptors (Lipinski definition) is 3. The van der Waals surface area contributed by atoms with Crippen LogP contribution in [0.5, 0.6) is 0 Å². The van der Waals surface area contributed by atoms with E-state index in [-0.39, 0.29) is 12.1 Å². The molecule has 1 aliphatic heterocycles. The predicted octanol–water partition coefficient (Wildman–Crippen LogP) is 2.11. The van der Waals surface area contributed by atoms with Gasteiger partial charge in [0.1, 0.15) is 6.10 Å². The largest absolute Gasteiger partial charge is 0.460 e. The monoisotopic (exact) mass is 247 g/mol. The number of rotatable bonds is 3. The topological polar surface area (TPSA) is 29.5 Å². The van der Waals surface area contributed by atoms with Gasteiger partial charge in [-0.15, -0.1) is 0 Å². The van der Waals surface area contributed by atoms with Gasteiger partial charge in [0.05, 0.1) is 6.42 Å². The zero-order valence-corrected chi connectivity index (χ0v) is 11.1. The lowest BCUT2D eigenvalue weighted by atomic mass is 9.96. The molecule has 1 aromatic carbocycles. The molecule has 0 aliphatic carbocycles. The van der Waals surface area contributed by atoms with Crippen molar-refractivity contribution in [1.82, 2.24) is 4.90 Å². The Balaban J connectivity index is 1.87. The number of piperidine rings is 1. The van der Waals surface area contributed by atoms with Crippen LogP contribution in [0.25, 0.3) is 0 Å². The SMILES string of the molecule is CC1CCN(C)C[C@@H]1OC(=O)Cc1ccccc1. The summed E-state index contributed by atoms with van der Waals surface area (Å²) in [5.74, 6) is 0.342. The second-order valence-corrected chi connectivity index (χ2v) is 5.22. The summed E-state index contributed by atoms with van der Waals surface area (Å²) < 4.78 is 5.60. The maximum atomic E-state index is 11.9. The lowest BCUT2D eigenvalue weighted by Crippen LogP contribution is -2.43. The molecule has 0 aromatic heterocycles. The van der Waals surface area contributed by atoms with Gasteiger partial charge in [-0.05, 0) is 31.5 Å². The number of esters is 1. The summed E-state index contributed by atoms with van der Waals surface area (Å²) in [5, 5.41) is 0. The molecule has 3 heteroatoms. The van der Waals surface area contributed by atoms with Crippen molar-refractivity contribution in [3.63, 3.8) is 0 Å². The van der Waals surface area contributed by atoms with Crippen LogP contribution in [0.3, 0.4) is 0 Å². The van der Waals surface area contributed by atoms with Gasteiger partial charge < -0.3 is 9.64 Å². The first-order valence-electron chi connectivity index (χ1n) is 6.57. The van der Waals surface area contributed by atoms with E-state index in [1.807, 2.05) is 30.3 Å². The van der Waals surface area contributed by atoms with Crippen LogP contribution < -0.4 is 0 Å². The van der Waals surface area contributed by atoms with Gasteiger partial charge in [-0.1, -0.05) is 37.3 Å². The number of carbonyl (C=O) groups is 1.